The van der Waals surface area contributed by atoms with Gasteiger partial charge in [0.2, 0.25) is 11.8 Å². The summed E-state index contributed by atoms with van der Waals surface area (Å²) in [6.45, 7) is 0.501. The summed E-state index contributed by atoms with van der Waals surface area (Å²) in [5.74, 6) is -0.0250. The first-order valence-corrected chi connectivity index (χ1v) is 10.2. The third kappa shape index (κ3) is 5.55. The van der Waals surface area contributed by atoms with Crippen LogP contribution >= 0.6 is 23.1 Å². The van der Waals surface area contributed by atoms with Crippen molar-refractivity contribution in [2.45, 2.75) is 36.7 Å². The lowest BCUT2D eigenvalue weighted by atomic mass is 10.1. The first-order chi connectivity index (χ1) is 12.6. The molecule has 2 aromatic rings. The van der Waals surface area contributed by atoms with Gasteiger partial charge >= 0.3 is 0 Å². The number of nitrogens with one attached hydrogen (secondary N) is 3. The molecule has 2 atom stereocenters. The predicted molar refractivity (Wildman–Crippen MR) is 102 cm³/mol. The van der Waals surface area contributed by atoms with Gasteiger partial charge in [-0.3, -0.25) is 14.9 Å². The Labute approximate surface area is 159 Å². The number of thioether (sulfide) groups is 1. The third-order valence-corrected chi connectivity index (χ3v) is 5.89. The van der Waals surface area contributed by atoms with Crippen LogP contribution < -0.4 is 16.0 Å². The molecule has 26 heavy (non-hydrogen) atoms. The molecule has 1 aromatic heterocycles. The van der Waals surface area contributed by atoms with Gasteiger partial charge in [0.25, 0.3) is 0 Å². The monoisotopic (exact) mass is 393 g/mol. The van der Waals surface area contributed by atoms with E-state index >= 15 is 0 Å². The summed E-state index contributed by atoms with van der Waals surface area (Å²) < 4.78 is 13.7. The molecule has 2 heterocycles. The van der Waals surface area contributed by atoms with Crippen LogP contribution in [-0.4, -0.2) is 23.4 Å². The fourth-order valence-corrected chi connectivity index (χ4v) is 4.38. The zero-order chi connectivity index (χ0) is 18.4. The Hall–Kier alpha value is -1.90. The van der Waals surface area contributed by atoms with Crippen molar-refractivity contribution >= 4 is 34.9 Å². The fraction of sp³-hybridized carbons (Fsp3) is 0.333. The second kappa shape index (κ2) is 9.16. The average Bonchev–Trinajstić information content (AvgIpc) is 3.12. The molecule has 138 valence electrons. The quantitative estimate of drug-likeness (QED) is 0.676. The van der Waals surface area contributed by atoms with Gasteiger partial charge in [0.05, 0.1) is 6.54 Å². The lowest BCUT2D eigenvalue weighted by molar-refractivity contribution is -0.125. The van der Waals surface area contributed by atoms with E-state index in [1.54, 1.807) is 29.5 Å². The van der Waals surface area contributed by atoms with Crippen LogP contribution in [0.4, 0.5) is 4.39 Å². The normalized spacial score (nSPS) is 19.8. The highest BCUT2D eigenvalue weighted by Gasteiger charge is 2.27. The van der Waals surface area contributed by atoms with Crippen molar-refractivity contribution in [2.75, 3.05) is 0 Å². The molecule has 0 radical (unpaired) electrons. The van der Waals surface area contributed by atoms with Crippen LogP contribution in [0.1, 0.15) is 23.3 Å². The van der Waals surface area contributed by atoms with E-state index in [0.717, 1.165) is 4.88 Å². The van der Waals surface area contributed by atoms with Crippen LogP contribution in [0.3, 0.4) is 0 Å². The molecular formula is C18H20FN3O2S2. The van der Waals surface area contributed by atoms with Crippen LogP contribution in [0, 0.1) is 5.82 Å². The van der Waals surface area contributed by atoms with Crippen molar-refractivity contribution in [3.63, 3.8) is 0 Å². The van der Waals surface area contributed by atoms with E-state index in [0.29, 0.717) is 17.9 Å². The van der Waals surface area contributed by atoms with Gasteiger partial charge in [0.1, 0.15) is 11.3 Å². The molecule has 8 heteroatoms. The van der Waals surface area contributed by atoms with E-state index in [1.807, 2.05) is 17.5 Å². The molecule has 5 nitrogen and oxygen atoms in total. The van der Waals surface area contributed by atoms with E-state index in [9.17, 15) is 14.0 Å². The Morgan fingerprint density at radius 2 is 2.15 bits per heavy atom. The molecule has 0 aliphatic carbocycles. The lowest BCUT2D eigenvalue weighted by Gasteiger charge is -2.31. The number of halogens is 1. The number of amides is 2. The van der Waals surface area contributed by atoms with Gasteiger partial charge in [-0.05, 0) is 23.1 Å². The van der Waals surface area contributed by atoms with Crippen molar-refractivity contribution < 1.29 is 14.0 Å². The van der Waals surface area contributed by atoms with Gasteiger partial charge in [-0.15, -0.1) is 23.1 Å². The Kier molecular flexibility index (Phi) is 6.65. The Morgan fingerprint density at radius 1 is 1.31 bits per heavy atom. The maximum absolute atomic E-state index is 13.7. The summed E-state index contributed by atoms with van der Waals surface area (Å²) in [6, 6.07) is 10.3. The maximum Gasteiger partial charge on any atom is 0.223 e. The highest BCUT2D eigenvalue weighted by molar-refractivity contribution is 7.99. The minimum atomic E-state index is -0.342. The largest absolute Gasteiger partial charge is 0.351 e. The topological polar surface area (TPSA) is 70.2 Å². The third-order valence-electron chi connectivity index (χ3n) is 3.95. The second-order valence-electron chi connectivity index (χ2n) is 5.98. The Balaban J connectivity index is 1.47. The van der Waals surface area contributed by atoms with Crippen LogP contribution in [0.5, 0.6) is 0 Å². The van der Waals surface area contributed by atoms with Gasteiger partial charge < -0.3 is 10.6 Å². The number of carbonyl (C=O) groups excluding carboxylic acids is 2. The lowest BCUT2D eigenvalue weighted by Crippen LogP contribution is -2.55. The fourth-order valence-electron chi connectivity index (χ4n) is 2.65. The smallest absolute Gasteiger partial charge is 0.223 e. The first kappa shape index (κ1) is 18.9. The number of thiophene rings is 1. The van der Waals surface area contributed by atoms with Crippen molar-refractivity contribution in [3.8, 4) is 0 Å². The zero-order valence-electron chi connectivity index (χ0n) is 14.0. The number of rotatable bonds is 7. The van der Waals surface area contributed by atoms with E-state index in [-0.39, 0.29) is 42.0 Å². The highest BCUT2D eigenvalue weighted by Crippen LogP contribution is 2.20. The summed E-state index contributed by atoms with van der Waals surface area (Å²) in [5.41, 5.74) is 0.246. The minimum absolute atomic E-state index is 0.0940. The van der Waals surface area contributed by atoms with Crippen LogP contribution in [0.25, 0.3) is 0 Å². The molecular weight excluding hydrogens is 373 g/mol. The van der Waals surface area contributed by atoms with Crippen molar-refractivity contribution in [1.82, 2.24) is 16.0 Å². The molecule has 0 spiro atoms. The molecule has 1 aliphatic heterocycles. The van der Waals surface area contributed by atoms with Crippen molar-refractivity contribution in [1.29, 1.82) is 0 Å². The van der Waals surface area contributed by atoms with Crippen molar-refractivity contribution in [3.05, 3.63) is 58.0 Å². The van der Waals surface area contributed by atoms with Gasteiger partial charge in [0.15, 0.2) is 0 Å². The summed E-state index contributed by atoms with van der Waals surface area (Å²) in [7, 11) is 0. The molecule has 3 N–H and O–H groups in total. The van der Waals surface area contributed by atoms with E-state index in [4.69, 9.17) is 0 Å². The molecule has 3 rings (SSSR count). The van der Waals surface area contributed by atoms with E-state index in [1.165, 1.54) is 17.8 Å². The molecule has 1 fully saturated rings. The van der Waals surface area contributed by atoms with Crippen LogP contribution in [-0.2, 0) is 21.9 Å². The molecule has 1 aromatic carbocycles. The van der Waals surface area contributed by atoms with Gasteiger partial charge in [-0.1, -0.05) is 24.3 Å². The van der Waals surface area contributed by atoms with Crippen LogP contribution in [0.15, 0.2) is 41.8 Å². The summed E-state index contributed by atoms with van der Waals surface area (Å²) in [5, 5.41) is 10.9. The molecule has 2 unspecified atom stereocenters. The number of benzene rings is 1. The number of carbonyl (C=O) groups is 2. The molecule has 2 amide bonds. The Bertz CT molecular complexity index is 755. The molecule has 0 bridgehead atoms. The SMILES string of the molecule is O=C(CC1CC(=O)NC(SCc2ccccc2F)N1)NCc1cccs1. The Morgan fingerprint density at radius 3 is 2.92 bits per heavy atom. The van der Waals surface area contributed by atoms with E-state index < -0.39 is 0 Å². The minimum Gasteiger partial charge on any atom is -0.351 e. The maximum atomic E-state index is 13.7. The predicted octanol–water partition coefficient (Wildman–Crippen LogP) is 2.59. The number of hydrogen-bond donors (Lipinski definition) is 3. The second-order valence-corrected chi connectivity index (χ2v) is 8.10. The van der Waals surface area contributed by atoms with Gasteiger partial charge in [-0.2, -0.15) is 0 Å². The average molecular weight is 394 g/mol. The zero-order valence-corrected chi connectivity index (χ0v) is 15.7. The van der Waals surface area contributed by atoms with E-state index in [2.05, 4.69) is 16.0 Å². The molecule has 1 saturated heterocycles. The van der Waals surface area contributed by atoms with Gasteiger partial charge in [-0.25, -0.2) is 4.39 Å². The van der Waals surface area contributed by atoms with Crippen LogP contribution in [0.2, 0.25) is 0 Å². The highest BCUT2D eigenvalue weighted by atomic mass is 32.2. The van der Waals surface area contributed by atoms with Gasteiger partial charge in [0, 0.05) is 29.5 Å². The molecule has 0 saturated carbocycles. The summed E-state index contributed by atoms with van der Waals surface area (Å²) >= 11 is 2.99. The first-order valence-electron chi connectivity index (χ1n) is 8.29. The molecule has 1 aliphatic rings. The summed E-state index contributed by atoms with van der Waals surface area (Å²) in [6.07, 6.45) is 0.485. The van der Waals surface area contributed by atoms with Crippen molar-refractivity contribution in [2.24, 2.45) is 0 Å². The number of hydrogen-bond acceptors (Lipinski definition) is 5. The summed E-state index contributed by atoms with van der Waals surface area (Å²) in [4.78, 5) is 25.1. The standard InChI is InChI=1S/C18H20FN3O2S2/c19-15-6-2-1-4-12(15)11-26-18-21-13(9-17(24)22-18)8-16(23)20-10-14-5-3-7-25-14/h1-7,13,18,21H,8-11H2,(H,20,23)(H,22,24).